The van der Waals surface area contributed by atoms with E-state index in [1.165, 1.54) is 17.3 Å². The van der Waals surface area contributed by atoms with Crippen molar-refractivity contribution in [1.29, 1.82) is 0 Å². The van der Waals surface area contributed by atoms with Gasteiger partial charge in [0.2, 0.25) is 0 Å². The van der Waals surface area contributed by atoms with Crippen molar-refractivity contribution in [2.24, 2.45) is 12.8 Å². The zero-order valence-electron chi connectivity index (χ0n) is 18.8. The number of ether oxygens (including phenoxy) is 1. The number of rotatable bonds is 8. The fraction of sp³-hybridized carbons (Fsp3) is 0.375. The molecule has 1 aliphatic carbocycles. The van der Waals surface area contributed by atoms with E-state index in [0.29, 0.717) is 11.6 Å². The second-order valence-electron chi connectivity index (χ2n) is 8.49. The molecule has 3 N–H and O–H groups in total. The zero-order chi connectivity index (χ0) is 23.6. The van der Waals surface area contributed by atoms with Crippen LogP contribution in [0.3, 0.4) is 0 Å². The Morgan fingerprint density at radius 3 is 2.82 bits per heavy atom. The van der Waals surface area contributed by atoms with Gasteiger partial charge in [-0.2, -0.15) is 0 Å². The van der Waals surface area contributed by atoms with Gasteiger partial charge in [0.05, 0.1) is 0 Å². The topological polar surface area (TPSA) is 99.2 Å². The highest BCUT2D eigenvalue weighted by molar-refractivity contribution is 7.89. The smallest absolute Gasteiger partial charge is 0.259 e. The molecule has 2 unspecified atom stereocenters. The molecule has 9 heteroatoms. The summed E-state index contributed by atoms with van der Waals surface area (Å²) in [6, 6.07) is 14.0. The summed E-state index contributed by atoms with van der Waals surface area (Å²) in [7, 11) is -1.92. The summed E-state index contributed by atoms with van der Waals surface area (Å²) in [6.45, 7) is 2.10. The average Bonchev–Trinajstić information content (AvgIpc) is 3.13. The van der Waals surface area contributed by atoms with E-state index in [2.05, 4.69) is 21.8 Å². The molecule has 2 atom stereocenters. The molecule has 0 amide bonds. The van der Waals surface area contributed by atoms with Crippen molar-refractivity contribution in [3.05, 3.63) is 76.2 Å². The Hall–Kier alpha value is -2.39. The van der Waals surface area contributed by atoms with Crippen LogP contribution in [0.15, 0.2) is 53.7 Å². The molecular weight excluding hydrogens is 460 g/mol. The highest BCUT2D eigenvalue weighted by Crippen LogP contribution is 2.36. The first-order valence-electron chi connectivity index (χ1n) is 11.0. The van der Waals surface area contributed by atoms with Crippen LogP contribution in [0.1, 0.15) is 34.9 Å². The largest absolute Gasteiger partial charge is 0.492 e. The number of hydrogen-bond acceptors (Lipinski definition) is 5. The van der Waals surface area contributed by atoms with E-state index in [1.54, 1.807) is 18.5 Å². The molecule has 0 saturated carbocycles. The molecule has 33 heavy (non-hydrogen) atoms. The lowest BCUT2D eigenvalue weighted by molar-refractivity contribution is 0.321. The Labute approximate surface area is 200 Å². The lowest BCUT2D eigenvalue weighted by atomic mass is 9.76. The highest BCUT2D eigenvalue weighted by atomic mass is 35.5. The Bertz CT molecular complexity index is 1220. The summed E-state index contributed by atoms with van der Waals surface area (Å²) in [4.78, 5) is 4.07. The van der Waals surface area contributed by atoms with Crippen molar-refractivity contribution in [3.8, 4) is 5.75 Å². The lowest BCUT2D eigenvalue weighted by Crippen LogP contribution is -2.34. The molecule has 0 radical (unpaired) electrons. The molecule has 1 heterocycles. The van der Waals surface area contributed by atoms with E-state index in [9.17, 15) is 8.42 Å². The van der Waals surface area contributed by atoms with Crippen LogP contribution in [-0.4, -0.2) is 37.2 Å². The number of halogens is 1. The molecule has 1 aromatic heterocycles. The summed E-state index contributed by atoms with van der Waals surface area (Å²) in [6.07, 6.45) is 4.17. The SMILES string of the molecule is Cc1nc(S(=O)(=O)NCCOc2ccc3c(c2)C(Cc2cccc(Cl)c2)C(N)CC3)cn1C. The molecule has 2 aromatic carbocycles. The van der Waals surface area contributed by atoms with Gasteiger partial charge >= 0.3 is 0 Å². The monoisotopic (exact) mass is 488 g/mol. The first-order chi connectivity index (χ1) is 15.7. The first-order valence-corrected chi connectivity index (χ1v) is 12.8. The molecule has 1 aliphatic rings. The van der Waals surface area contributed by atoms with E-state index < -0.39 is 10.0 Å². The Morgan fingerprint density at radius 2 is 2.09 bits per heavy atom. The fourth-order valence-corrected chi connectivity index (χ4v) is 5.51. The third-order valence-electron chi connectivity index (χ3n) is 6.15. The number of aryl methyl sites for hydroxylation is 3. The highest BCUT2D eigenvalue weighted by Gasteiger charge is 2.28. The van der Waals surface area contributed by atoms with E-state index in [4.69, 9.17) is 22.1 Å². The fourth-order valence-electron chi connectivity index (χ4n) is 4.24. The van der Waals surface area contributed by atoms with Crippen molar-refractivity contribution < 1.29 is 13.2 Å². The van der Waals surface area contributed by atoms with E-state index in [-0.39, 0.29) is 30.1 Å². The number of hydrogen-bond donors (Lipinski definition) is 2. The minimum atomic E-state index is -3.67. The number of imidazole rings is 1. The summed E-state index contributed by atoms with van der Waals surface area (Å²) in [5.41, 5.74) is 10.1. The minimum Gasteiger partial charge on any atom is -0.492 e. The molecule has 0 bridgehead atoms. The normalized spacial score (nSPS) is 18.2. The van der Waals surface area contributed by atoms with Gasteiger partial charge in [-0.05, 0) is 67.1 Å². The quantitative estimate of drug-likeness (QED) is 0.474. The van der Waals surface area contributed by atoms with Crippen LogP contribution in [0.2, 0.25) is 5.02 Å². The molecule has 0 spiro atoms. The summed E-state index contributed by atoms with van der Waals surface area (Å²) < 4.78 is 34.9. The van der Waals surface area contributed by atoms with E-state index in [0.717, 1.165) is 29.8 Å². The van der Waals surface area contributed by atoms with Crippen LogP contribution in [0.25, 0.3) is 0 Å². The van der Waals surface area contributed by atoms with Gasteiger partial charge in [0.25, 0.3) is 10.0 Å². The van der Waals surface area contributed by atoms with Crippen molar-refractivity contribution in [3.63, 3.8) is 0 Å². The van der Waals surface area contributed by atoms with Gasteiger partial charge in [0.15, 0.2) is 5.03 Å². The number of aromatic nitrogens is 2. The summed E-state index contributed by atoms with van der Waals surface area (Å²) >= 11 is 6.17. The summed E-state index contributed by atoms with van der Waals surface area (Å²) in [5, 5.41) is 0.728. The zero-order valence-corrected chi connectivity index (χ0v) is 20.4. The third-order valence-corrected chi connectivity index (χ3v) is 7.72. The maximum absolute atomic E-state index is 12.4. The first kappa shape index (κ1) is 23.8. The Kier molecular flexibility index (Phi) is 7.09. The van der Waals surface area contributed by atoms with Crippen LogP contribution >= 0.6 is 11.6 Å². The second-order valence-corrected chi connectivity index (χ2v) is 10.6. The maximum atomic E-state index is 12.4. The third kappa shape index (κ3) is 5.58. The number of sulfonamides is 1. The van der Waals surface area contributed by atoms with E-state index >= 15 is 0 Å². The Morgan fingerprint density at radius 1 is 1.27 bits per heavy atom. The van der Waals surface area contributed by atoms with Crippen LogP contribution in [0, 0.1) is 6.92 Å². The van der Waals surface area contributed by atoms with Crippen molar-refractivity contribution in [2.75, 3.05) is 13.2 Å². The number of benzene rings is 2. The van der Waals surface area contributed by atoms with Crippen LogP contribution in [-0.2, 0) is 29.9 Å². The van der Waals surface area contributed by atoms with Crippen molar-refractivity contribution in [1.82, 2.24) is 14.3 Å². The van der Waals surface area contributed by atoms with Crippen LogP contribution in [0.5, 0.6) is 5.75 Å². The molecule has 0 aliphatic heterocycles. The maximum Gasteiger partial charge on any atom is 0.259 e. The molecule has 4 rings (SSSR count). The molecule has 0 saturated heterocycles. The standard InChI is InChI=1S/C24H29ClN4O3S/c1-16-28-24(15-29(16)2)33(30,31)27-10-11-32-20-8-6-18-7-9-23(26)22(21(18)14-20)13-17-4-3-5-19(25)12-17/h3-6,8,12,14-15,22-23,27H,7,9-11,13,26H2,1-2H3. The molecule has 3 aromatic rings. The molecular formula is C24H29ClN4O3S. The predicted molar refractivity (Wildman–Crippen MR) is 129 cm³/mol. The van der Waals surface area contributed by atoms with Crippen molar-refractivity contribution in [2.45, 2.75) is 43.2 Å². The second kappa shape index (κ2) is 9.85. The van der Waals surface area contributed by atoms with Gasteiger partial charge in [-0.15, -0.1) is 0 Å². The average molecular weight is 489 g/mol. The van der Waals surface area contributed by atoms with Gasteiger partial charge in [-0.1, -0.05) is 29.8 Å². The summed E-state index contributed by atoms with van der Waals surface area (Å²) in [5.74, 6) is 1.50. The number of fused-ring (bicyclic) bond motifs is 1. The van der Waals surface area contributed by atoms with Gasteiger partial charge in [0.1, 0.15) is 18.2 Å². The number of nitrogens with two attached hydrogens (primary N) is 1. The van der Waals surface area contributed by atoms with Gasteiger partial charge in [-0.25, -0.2) is 18.1 Å². The van der Waals surface area contributed by atoms with Gasteiger partial charge in [-0.3, -0.25) is 0 Å². The predicted octanol–water partition coefficient (Wildman–Crippen LogP) is 3.34. The minimum absolute atomic E-state index is 0.00845. The lowest BCUT2D eigenvalue weighted by Gasteiger charge is -2.32. The van der Waals surface area contributed by atoms with Crippen molar-refractivity contribution >= 4 is 21.6 Å². The number of nitrogens with zero attached hydrogens (tertiary/aromatic N) is 2. The van der Waals surface area contributed by atoms with Gasteiger partial charge in [0, 0.05) is 36.8 Å². The molecule has 176 valence electrons. The molecule has 0 fully saturated rings. The van der Waals surface area contributed by atoms with E-state index in [1.807, 2.05) is 30.3 Å². The van der Waals surface area contributed by atoms with Gasteiger partial charge < -0.3 is 15.0 Å². The van der Waals surface area contributed by atoms with Crippen LogP contribution in [0.4, 0.5) is 0 Å². The van der Waals surface area contributed by atoms with Crippen LogP contribution < -0.4 is 15.2 Å². The number of nitrogens with one attached hydrogen (secondary N) is 1. The molecule has 7 nitrogen and oxygen atoms in total. The Balaban J connectivity index is 1.41.